The zero-order valence-electron chi connectivity index (χ0n) is 11.6. The highest BCUT2D eigenvalue weighted by atomic mass is 35.5. The van der Waals surface area contributed by atoms with Crippen molar-refractivity contribution in [3.05, 3.63) is 52.7 Å². The van der Waals surface area contributed by atoms with Gasteiger partial charge in [0.2, 0.25) is 0 Å². The van der Waals surface area contributed by atoms with Crippen molar-refractivity contribution < 1.29 is 9.21 Å². The fraction of sp³-hybridized carbons (Fsp3) is 0.333. The van der Waals surface area contributed by atoms with Crippen LogP contribution in [-0.2, 0) is 0 Å². The maximum absolute atomic E-state index is 12.7. The number of carbonyl (C=O) groups excluding carboxylic acids is 1. The number of amides is 1. The van der Waals surface area contributed by atoms with E-state index in [9.17, 15) is 4.79 Å². The second-order valence-electron chi connectivity index (χ2n) is 4.90. The summed E-state index contributed by atoms with van der Waals surface area (Å²) in [6, 6.07) is 7.15. The molecule has 0 aliphatic carbocycles. The van der Waals surface area contributed by atoms with E-state index in [2.05, 4.69) is 4.98 Å². The Morgan fingerprint density at radius 2 is 2.33 bits per heavy atom. The van der Waals surface area contributed by atoms with E-state index in [0.717, 1.165) is 23.0 Å². The number of hydrogen-bond acceptors (Lipinski definition) is 4. The van der Waals surface area contributed by atoms with Gasteiger partial charge in [0.25, 0.3) is 5.91 Å². The first-order valence-electron chi connectivity index (χ1n) is 6.72. The summed E-state index contributed by atoms with van der Waals surface area (Å²) in [6.07, 6.45) is 1.56. The number of pyridine rings is 1. The Morgan fingerprint density at radius 3 is 3.05 bits per heavy atom. The third-order valence-electron chi connectivity index (χ3n) is 3.45. The van der Waals surface area contributed by atoms with Gasteiger partial charge in [-0.05, 0) is 31.2 Å². The number of thioether (sulfide) groups is 1. The van der Waals surface area contributed by atoms with Gasteiger partial charge in [-0.15, -0.1) is 0 Å². The molecular formula is C15H15ClN2O2S. The fourth-order valence-corrected chi connectivity index (χ4v) is 3.65. The second kappa shape index (κ2) is 6.12. The number of rotatable bonds is 2. The molecule has 0 N–H and O–H groups in total. The van der Waals surface area contributed by atoms with Crippen LogP contribution in [0.25, 0.3) is 0 Å². The number of furan rings is 1. The van der Waals surface area contributed by atoms with Gasteiger partial charge in [0.15, 0.2) is 0 Å². The average Bonchev–Trinajstić information content (AvgIpc) is 2.93. The minimum atomic E-state index is -0.0307. The highest BCUT2D eigenvalue weighted by Crippen LogP contribution is 2.32. The van der Waals surface area contributed by atoms with Crippen LogP contribution in [0.3, 0.4) is 0 Å². The summed E-state index contributed by atoms with van der Waals surface area (Å²) in [4.78, 5) is 18.5. The van der Waals surface area contributed by atoms with Crippen LogP contribution in [0.4, 0.5) is 0 Å². The summed E-state index contributed by atoms with van der Waals surface area (Å²) in [5, 5.41) is 0.331. The van der Waals surface area contributed by atoms with Crippen LogP contribution in [0, 0.1) is 6.92 Å². The van der Waals surface area contributed by atoms with E-state index in [1.54, 1.807) is 18.3 Å². The largest absolute Gasteiger partial charge is 0.464 e. The average molecular weight is 323 g/mol. The molecule has 6 heteroatoms. The number of aromatic nitrogens is 1. The normalized spacial score (nSPS) is 18.8. The van der Waals surface area contributed by atoms with E-state index < -0.39 is 0 Å². The quantitative estimate of drug-likeness (QED) is 0.793. The minimum Gasteiger partial charge on any atom is -0.464 e. The van der Waals surface area contributed by atoms with Crippen LogP contribution in [0.5, 0.6) is 0 Å². The van der Waals surface area contributed by atoms with Gasteiger partial charge >= 0.3 is 0 Å². The number of halogens is 1. The summed E-state index contributed by atoms with van der Waals surface area (Å²) in [5.74, 6) is 3.45. The Balaban J connectivity index is 1.89. The van der Waals surface area contributed by atoms with Crippen LogP contribution in [-0.4, -0.2) is 33.8 Å². The Bertz CT molecular complexity index is 659. The Labute approximate surface area is 132 Å². The van der Waals surface area contributed by atoms with E-state index in [1.807, 2.05) is 35.7 Å². The van der Waals surface area contributed by atoms with Crippen LogP contribution in [0.1, 0.15) is 27.9 Å². The third kappa shape index (κ3) is 3.09. The molecule has 0 unspecified atom stereocenters. The van der Waals surface area contributed by atoms with Crippen molar-refractivity contribution in [1.82, 2.24) is 9.88 Å². The first-order valence-corrected chi connectivity index (χ1v) is 8.25. The molecule has 1 aliphatic rings. The smallest absolute Gasteiger partial charge is 0.254 e. The van der Waals surface area contributed by atoms with E-state index in [4.69, 9.17) is 16.0 Å². The van der Waals surface area contributed by atoms with Crippen LogP contribution < -0.4 is 0 Å². The van der Waals surface area contributed by atoms with Crippen LogP contribution in [0.2, 0.25) is 5.15 Å². The molecule has 3 heterocycles. The molecule has 1 aliphatic heterocycles. The minimum absolute atomic E-state index is 0.0290. The van der Waals surface area contributed by atoms with Crippen molar-refractivity contribution in [2.45, 2.75) is 13.0 Å². The van der Waals surface area contributed by atoms with E-state index in [-0.39, 0.29) is 11.9 Å². The molecule has 0 aromatic carbocycles. The Kier molecular flexibility index (Phi) is 4.22. The molecule has 1 fully saturated rings. The lowest BCUT2D eigenvalue weighted by Crippen LogP contribution is -2.40. The standard InChI is InChI=1S/C15H15ClN2O2S/c1-10-2-3-13(20-10)12-9-21-7-6-18(12)15(19)11-4-5-17-14(16)8-11/h2-5,8,12H,6-7,9H2,1H3/t12-/m1/s1. The van der Waals surface area contributed by atoms with Gasteiger partial charge in [0, 0.05) is 29.8 Å². The van der Waals surface area contributed by atoms with E-state index >= 15 is 0 Å². The number of nitrogens with zero attached hydrogens (tertiary/aromatic N) is 2. The van der Waals surface area contributed by atoms with Crippen molar-refractivity contribution in [2.24, 2.45) is 0 Å². The molecule has 2 aromatic heterocycles. The van der Waals surface area contributed by atoms with Crippen LogP contribution in [0.15, 0.2) is 34.9 Å². The van der Waals surface area contributed by atoms with Gasteiger partial charge in [-0.2, -0.15) is 11.8 Å². The van der Waals surface area contributed by atoms with Crippen molar-refractivity contribution >= 4 is 29.3 Å². The molecule has 3 rings (SSSR count). The molecule has 0 saturated carbocycles. The maximum atomic E-state index is 12.7. The second-order valence-corrected chi connectivity index (χ2v) is 6.44. The van der Waals surface area contributed by atoms with Gasteiger partial charge in [0.05, 0.1) is 6.04 Å². The first-order chi connectivity index (χ1) is 10.1. The van der Waals surface area contributed by atoms with Gasteiger partial charge in [-0.3, -0.25) is 4.79 Å². The predicted octanol–water partition coefficient (Wildman–Crippen LogP) is 3.57. The predicted molar refractivity (Wildman–Crippen MR) is 83.8 cm³/mol. The molecule has 21 heavy (non-hydrogen) atoms. The molecule has 1 atom stereocenters. The molecule has 0 radical (unpaired) electrons. The molecule has 2 aromatic rings. The lowest BCUT2D eigenvalue weighted by Gasteiger charge is -2.34. The molecule has 4 nitrogen and oxygen atoms in total. The highest BCUT2D eigenvalue weighted by molar-refractivity contribution is 7.99. The van der Waals surface area contributed by atoms with Crippen molar-refractivity contribution in [3.63, 3.8) is 0 Å². The zero-order chi connectivity index (χ0) is 14.8. The fourth-order valence-electron chi connectivity index (χ4n) is 2.42. The summed E-state index contributed by atoms with van der Waals surface area (Å²) >= 11 is 7.71. The topological polar surface area (TPSA) is 46.3 Å². The number of hydrogen-bond donors (Lipinski definition) is 0. The molecule has 0 bridgehead atoms. The van der Waals surface area contributed by atoms with Gasteiger partial charge in [-0.1, -0.05) is 11.6 Å². The summed E-state index contributed by atoms with van der Waals surface area (Å²) in [5.41, 5.74) is 0.565. The summed E-state index contributed by atoms with van der Waals surface area (Å²) in [7, 11) is 0. The molecule has 1 saturated heterocycles. The van der Waals surface area contributed by atoms with Crippen molar-refractivity contribution in [1.29, 1.82) is 0 Å². The summed E-state index contributed by atoms with van der Waals surface area (Å²) in [6.45, 7) is 2.61. The molecule has 0 spiro atoms. The SMILES string of the molecule is Cc1ccc([C@H]2CSCCN2C(=O)c2ccnc(Cl)c2)o1. The maximum Gasteiger partial charge on any atom is 0.254 e. The van der Waals surface area contributed by atoms with Gasteiger partial charge in [-0.25, -0.2) is 4.98 Å². The molecule has 1 amide bonds. The number of carbonyl (C=O) groups is 1. The van der Waals surface area contributed by atoms with Crippen molar-refractivity contribution in [2.75, 3.05) is 18.1 Å². The lowest BCUT2D eigenvalue weighted by molar-refractivity contribution is 0.0681. The zero-order valence-corrected chi connectivity index (χ0v) is 13.2. The Morgan fingerprint density at radius 1 is 1.48 bits per heavy atom. The number of aryl methyl sites for hydroxylation is 1. The molecular weight excluding hydrogens is 308 g/mol. The molecule has 110 valence electrons. The van der Waals surface area contributed by atoms with Gasteiger partial charge in [0.1, 0.15) is 16.7 Å². The highest BCUT2D eigenvalue weighted by Gasteiger charge is 2.31. The van der Waals surface area contributed by atoms with Crippen LogP contribution >= 0.6 is 23.4 Å². The monoisotopic (exact) mass is 322 g/mol. The third-order valence-corrected chi connectivity index (χ3v) is 4.68. The van der Waals surface area contributed by atoms with Crippen molar-refractivity contribution in [3.8, 4) is 0 Å². The first kappa shape index (κ1) is 14.5. The van der Waals surface area contributed by atoms with E-state index in [1.165, 1.54) is 0 Å². The van der Waals surface area contributed by atoms with Gasteiger partial charge < -0.3 is 9.32 Å². The Hall–Kier alpha value is -1.46. The summed E-state index contributed by atoms with van der Waals surface area (Å²) < 4.78 is 5.72. The lowest BCUT2D eigenvalue weighted by atomic mass is 10.1. The van der Waals surface area contributed by atoms with E-state index in [0.29, 0.717) is 17.3 Å².